The number of anilines is 2. The normalized spacial score (nSPS) is 17.9. The number of hydrogen-bond donors (Lipinski definition) is 1. The highest BCUT2D eigenvalue weighted by Crippen LogP contribution is 2.24. The van der Waals surface area contributed by atoms with Crippen molar-refractivity contribution in [3.63, 3.8) is 0 Å². The van der Waals surface area contributed by atoms with Crippen LogP contribution in [0.25, 0.3) is 0 Å². The molecule has 2 saturated heterocycles. The predicted molar refractivity (Wildman–Crippen MR) is 118 cm³/mol. The lowest BCUT2D eigenvalue weighted by Gasteiger charge is -2.31. The van der Waals surface area contributed by atoms with Crippen LogP contribution in [-0.2, 0) is 9.53 Å². The Morgan fingerprint density at radius 1 is 0.969 bits per heavy atom. The number of rotatable bonds is 6. The SMILES string of the molecule is O=C(CN1CCC(C(=O)c2cc(F)ccc2F)CC1)Nc1ccc(N2CCOCC2)cc1. The van der Waals surface area contributed by atoms with E-state index in [9.17, 15) is 18.4 Å². The molecule has 0 bridgehead atoms. The fourth-order valence-electron chi connectivity index (χ4n) is 4.24. The highest BCUT2D eigenvalue weighted by molar-refractivity contribution is 5.98. The largest absolute Gasteiger partial charge is 0.378 e. The van der Waals surface area contributed by atoms with E-state index in [4.69, 9.17) is 4.74 Å². The summed E-state index contributed by atoms with van der Waals surface area (Å²) in [6, 6.07) is 10.7. The van der Waals surface area contributed by atoms with Crippen molar-refractivity contribution in [3.05, 3.63) is 59.7 Å². The van der Waals surface area contributed by atoms with Gasteiger partial charge in [-0.15, -0.1) is 0 Å². The zero-order chi connectivity index (χ0) is 22.5. The smallest absolute Gasteiger partial charge is 0.238 e. The van der Waals surface area contributed by atoms with Crippen molar-refractivity contribution < 1.29 is 23.1 Å². The van der Waals surface area contributed by atoms with Crippen LogP contribution >= 0.6 is 0 Å². The number of nitrogens with zero attached hydrogens (tertiary/aromatic N) is 2. The van der Waals surface area contributed by atoms with Gasteiger partial charge in [-0.1, -0.05) is 0 Å². The summed E-state index contributed by atoms with van der Waals surface area (Å²) in [6.45, 7) is 4.48. The van der Waals surface area contributed by atoms with Gasteiger partial charge in [0, 0.05) is 30.4 Å². The zero-order valence-electron chi connectivity index (χ0n) is 17.9. The predicted octanol–water partition coefficient (Wildman–Crippen LogP) is 3.33. The average molecular weight is 443 g/mol. The Labute approximate surface area is 186 Å². The van der Waals surface area contributed by atoms with Gasteiger partial charge < -0.3 is 15.0 Å². The van der Waals surface area contributed by atoms with E-state index in [0.29, 0.717) is 25.9 Å². The van der Waals surface area contributed by atoms with Gasteiger partial charge in [0.25, 0.3) is 0 Å². The van der Waals surface area contributed by atoms with Crippen molar-refractivity contribution in [1.82, 2.24) is 4.90 Å². The number of nitrogens with one attached hydrogen (secondary N) is 1. The number of Topliss-reactive ketones (excluding diaryl/α,β-unsaturated/α-hetero) is 1. The Morgan fingerprint density at radius 3 is 2.34 bits per heavy atom. The topological polar surface area (TPSA) is 61.9 Å². The summed E-state index contributed by atoms with van der Waals surface area (Å²) in [6.07, 6.45) is 1.02. The third-order valence-electron chi connectivity index (χ3n) is 6.05. The second kappa shape index (κ2) is 10.2. The molecule has 0 radical (unpaired) electrons. The van der Waals surface area contributed by atoms with Crippen LogP contribution in [0.1, 0.15) is 23.2 Å². The fraction of sp³-hybridized carbons (Fsp3) is 0.417. The molecular weight excluding hydrogens is 416 g/mol. The van der Waals surface area contributed by atoms with Crippen LogP contribution in [0.2, 0.25) is 0 Å². The van der Waals surface area contributed by atoms with E-state index in [1.54, 1.807) is 0 Å². The third kappa shape index (κ3) is 5.49. The molecule has 1 N–H and O–H groups in total. The molecule has 0 aromatic heterocycles. The molecule has 4 rings (SSSR count). The van der Waals surface area contributed by atoms with Gasteiger partial charge in [0.1, 0.15) is 11.6 Å². The number of ether oxygens (including phenoxy) is 1. The molecule has 2 aliphatic rings. The third-order valence-corrected chi connectivity index (χ3v) is 6.05. The fourth-order valence-corrected chi connectivity index (χ4v) is 4.24. The van der Waals surface area contributed by atoms with Gasteiger partial charge in [-0.2, -0.15) is 0 Å². The van der Waals surface area contributed by atoms with Gasteiger partial charge in [-0.05, 0) is 68.4 Å². The van der Waals surface area contributed by atoms with E-state index in [1.165, 1.54) is 0 Å². The van der Waals surface area contributed by atoms with Crippen molar-refractivity contribution in [2.45, 2.75) is 12.8 Å². The number of carbonyl (C=O) groups is 2. The lowest BCUT2D eigenvalue weighted by molar-refractivity contribution is -0.117. The lowest BCUT2D eigenvalue weighted by atomic mass is 9.88. The van der Waals surface area contributed by atoms with E-state index >= 15 is 0 Å². The van der Waals surface area contributed by atoms with Crippen LogP contribution < -0.4 is 10.2 Å². The maximum Gasteiger partial charge on any atom is 0.238 e. The summed E-state index contributed by atoms with van der Waals surface area (Å²) in [4.78, 5) is 29.2. The minimum Gasteiger partial charge on any atom is -0.378 e. The van der Waals surface area contributed by atoms with Crippen molar-refractivity contribution in [3.8, 4) is 0 Å². The van der Waals surface area contributed by atoms with Crippen LogP contribution in [0.3, 0.4) is 0 Å². The van der Waals surface area contributed by atoms with E-state index in [1.807, 2.05) is 29.2 Å². The molecule has 6 nitrogen and oxygen atoms in total. The first-order valence-electron chi connectivity index (χ1n) is 10.9. The average Bonchev–Trinajstić information content (AvgIpc) is 2.82. The van der Waals surface area contributed by atoms with Crippen molar-refractivity contribution in [2.24, 2.45) is 5.92 Å². The standard InChI is InChI=1S/C24H27F2N3O3/c25-18-1-6-22(26)21(15-18)24(31)17-7-9-28(10-8-17)16-23(30)27-19-2-4-20(5-3-19)29-11-13-32-14-12-29/h1-6,15,17H,7-14,16H2,(H,27,30). The highest BCUT2D eigenvalue weighted by atomic mass is 19.1. The summed E-state index contributed by atoms with van der Waals surface area (Å²) in [5.41, 5.74) is 1.65. The number of morpholine rings is 1. The minimum absolute atomic E-state index is 0.120. The number of amides is 1. The number of benzene rings is 2. The number of likely N-dealkylation sites (tertiary alicyclic amines) is 1. The van der Waals surface area contributed by atoms with Crippen LogP contribution in [0.4, 0.5) is 20.2 Å². The molecule has 0 unspecified atom stereocenters. The Bertz CT molecular complexity index is 953. The number of piperidine rings is 1. The van der Waals surface area contributed by atoms with Crippen molar-refractivity contribution >= 4 is 23.1 Å². The molecule has 2 aliphatic heterocycles. The maximum absolute atomic E-state index is 13.9. The zero-order valence-corrected chi connectivity index (χ0v) is 17.9. The number of ketones is 1. The van der Waals surface area contributed by atoms with Crippen molar-refractivity contribution in [2.75, 3.05) is 56.2 Å². The first kappa shape index (κ1) is 22.4. The summed E-state index contributed by atoms with van der Waals surface area (Å²) < 4.78 is 32.7. The van der Waals surface area contributed by atoms with Crippen LogP contribution in [0.5, 0.6) is 0 Å². The first-order valence-corrected chi connectivity index (χ1v) is 10.9. The van der Waals surface area contributed by atoms with Gasteiger partial charge >= 0.3 is 0 Å². The Balaban J connectivity index is 1.24. The molecule has 2 heterocycles. The number of carbonyl (C=O) groups excluding carboxylic acids is 2. The molecule has 2 aromatic carbocycles. The molecule has 1 amide bonds. The summed E-state index contributed by atoms with van der Waals surface area (Å²) in [5.74, 6) is -2.17. The van der Waals surface area contributed by atoms with Gasteiger partial charge in [0.15, 0.2) is 5.78 Å². The van der Waals surface area contributed by atoms with E-state index in [-0.39, 0.29) is 29.7 Å². The quantitative estimate of drug-likeness (QED) is 0.694. The van der Waals surface area contributed by atoms with E-state index in [2.05, 4.69) is 10.2 Å². The van der Waals surface area contributed by atoms with E-state index in [0.717, 1.165) is 55.9 Å². The number of hydrogen-bond acceptors (Lipinski definition) is 5. The molecule has 8 heteroatoms. The Kier molecular flexibility index (Phi) is 7.12. The second-order valence-corrected chi connectivity index (χ2v) is 8.23. The number of halogens is 2. The monoisotopic (exact) mass is 443 g/mol. The van der Waals surface area contributed by atoms with Crippen LogP contribution in [0.15, 0.2) is 42.5 Å². The van der Waals surface area contributed by atoms with Gasteiger partial charge in [-0.25, -0.2) is 8.78 Å². The summed E-state index contributed by atoms with van der Waals surface area (Å²) in [7, 11) is 0. The molecule has 2 aromatic rings. The van der Waals surface area contributed by atoms with Gasteiger partial charge in [0.2, 0.25) is 5.91 Å². The second-order valence-electron chi connectivity index (χ2n) is 8.23. The molecule has 0 atom stereocenters. The molecule has 2 fully saturated rings. The highest BCUT2D eigenvalue weighted by Gasteiger charge is 2.28. The van der Waals surface area contributed by atoms with Crippen LogP contribution in [0, 0.1) is 17.6 Å². The summed E-state index contributed by atoms with van der Waals surface area (Å²) >= 11 is 0. The molecule has 0 aliphatic carbocycles. The van der Waals surface area contributed by atoms with Crippen molar-refractivity contribution in [1.29, 1.82) is 0 Å². The van der Waals surface area contributed by atoms with E-state index < -0.39 is 11.6 Å². The van der Waals surface area contributed by atoms with Crippen LogP contribution in [-0.4, -0.2) is 62.5 Å². The molecule has 0 spiro atoms. The molecule has 32 heavy (non-hydrogen) atoms. The maximum atomic E-state index is 13.9. The molecule has 0 saturated carbocycles. The van der Waals surface area contributed by atoms with Gasteiger partial charge in [0.05, 0.1) is 25.3 Å². The first-order chi connectivity index (χ1) is 15.5. The Morgan fingerprint density at radius 2 is 1.66 bits per heavy atom. The molecular formula is C24H27F2N3O3. The summed E-state index contributed by atoms with van der Waals surface area (Å²) in [5, 5.41) is 2.91. The molecule has 170 valence electrons. The Hall–Kier alpha value is -2.84. The lowest BCUT2D eigenvalue weighted by Crippen LogP contribution is -2.40. The minimum atomic E-state index is -0.696. The van der Waals surface area contributed by atoms with Gasteiger partial charge in [-0.3, -0.25) is 14.5 Å².